The average molecular weight is 517 g/mol. The molecule has 0 spiro atoms. The van der Waals surface area contributed by atoms with E-state index >= 15 is 0 Å². The second-order valence-electron chi connectivity index (χ2n) is 10.1. The zero-order valence-electron chi connectivity index (χ0n) is 20.3. The first-order valence-electron chi connectivity index (χ1n) is 13.0. The lowest BCUT2D eigenvalue weighted by Crippen LogP contribution is -2.48. The second-order valence-corrected chi connectivity index (χ2v) is 10.9. The van der Waals surface area contributed by atoms with Crippen molar-refractivity contribution in [2.45, 2.75) is 51.1 Å². The summed E-state index contributed by atoms with van der Waals surface area (Å²) in [5.74, 6) is 0.761. The molecule has 0 bridgehead atoms. The smallest absolute Gasteiger partial charge is 0.317 e. The molecule has 1 saturated heterocycles. The zero-order chi connectivity index (χ0) is 24.2. The molecule has 1 aliphatic carbocycles. The van der Waals surface area contributed by atoms with Crippen LogP contribution in [-0.2, 0) is 13.0 Å². The maximum Gasteiger partial charge on any atom is 0.317 e. The number of carbonyl (C=O) groups excluding carboxylic acids is 1. The van der Waals surface area contributed by atoms with E-state index in [0.717, 1.165) is 75.8 Å². The first kappa shape index (κ1) is 24.7. The minimum Gasteiger partial charge on any atom is -0.368 e. The normalized spacial score (nSPS) is 23.1. The summed E-state index contributed by atoms with van der Waals surface area (Å²) in [6.45, 7) is 6.65. The standard InChI is InChI=1S/C27H35Cl2N5O/c28-23-4-1-5-25(26(23)29)33-17-15-32(16-18-33)13-10-20-6-8-22(9-7-20)31-27(35)34-14-11-24-21(19-34)3-2-12-30-24/h1-5,12,20,22H,6-11,13-19H2,(H,31,35). The van der Waals surface area contributed by atoms with E-state index in [4.69, 9.17) is 23.2 Å². The fraction of sp³-hybridized carbons (Fsp3) is 0.556. The third-order valence-electron chi connectivity index (χ3n) is 7.92. The Hall–Kier alpha value is -2.02. The van der Waals surface area contributed by atoms with Gasteiger partial charge in [-0.05, 0) is 68.3 Å². The Morgan fingerprint density at radius 3 is 2.60 bits per heavy atom. The SMILES string of the molecule is O=C(NC1CCC(CCN2CCN(c3cccc(Cl)c3Cl)CC2)CC1)N1CCc2ncccc2C1. The molecule has 1 aromatic carbocycles. The largest absolute Gasteiger partial charge is 0.368 e. The van der Waals surface area contributed by atoms with Gasteiger partial charge in [0.05, 0.1) is 15.7 Å². The van der Waals surface area contributed by atoms with Crippen LogP contribution in [0.2, 0.25) is 10.0 Å². The third-order valence-corrected chi connectivity index (χ3v) is 8.73. The van der Waals surface area contributed by atoms with Crippen LogP contribution in [0, 0.1) is 5.92 Å². The molecular formula is C27H35Cl2N5O. The van der Waals surface area contributed by atoms with Gasteiger partial charge in [-0.1, -0.05) is 35.3 Å². The maximum atomic E-state index is 12.8. The van der Waals surface area contributed by atoms with E-state index < -0.39 is 0 Å². The Kier molecular flexibility index (Phi) is 8.01. The molecule has 0 atom stereocenters. The maximum absolute atomic E-state index is 12.8. The number of piperazine rings is 1. The van der Waals surface area contributed by atoms with Gasteiger partial charge in [-0.15, -0.1) is 0 Å². The van der Waals surface area contributed by atoms with E-state index in [-0.39, 0.29) is 6.03 Å². The molecule has 0 radical (unpaired) electrons. The number of halogens is 2. The van der Waals surface area contributed by atoms with Gasteiger partial charge in [0.2, 0.25) is 0 Å². The van der Waals surface area contributed by atoms with Crippen LogP contribution < -0.4 is 10.2 Å². The van der Waals surface area contributed by atoms with Gasteiger partial charge >= 0.3 is 6.03 Å². The van der Waals surface area contributed by atoms with Crippen molar-refractivity contribution in [3.05, 3.63) is 57.8 Å². The minimum absolute atomic E-state index is 0.0839. The fourth-order valence-corrected chi connectivity index (χ4v) is 6.13. The van der Waals surface area contributed by atoms with Crippen molar-refractivity contribution in [1.82, 2.24) is 20.1 Å². The number of hydrogen-bond acceptors (Lipinski definition) is 4. The van der Waals surface area contributed by atoms with Crippen LogP contribution in [0.15, 0.2) is 36.5 Å². The van der Waals surface area contributed by atoms with Gasteiger partial charge in [-0.25, -0.2) is 4.79 Å². The summed E-state index contributed by atoms with van der Waals surface area (Å²) in [4.78, 5) is 24.1. The van der Waals surface area contributed by atoms with Gasteiger partial charge in [0, 0.05) is 63.6 Å². The van der Waals surface area contributed by atoms with Gasteiger partial charge < -0.3 is 15.1 Å². The highest BCUT2D eigenvalue weighted by Gasteiger charge is 2.27. The number of carbonyl (C=O) groups is 1. The lowest BCUT2D eigenvalue weighted by molar-refractivity contribution is 0.177. The number of hydrogen-bond donors (Lipinski definition) is 1. The van der Waals surface area contributed by atoms with Crippen LogP contribution in [-0.4, -0.2) is 66.1 Å². The Morgan fingerprint density at radius 2 is 1.80 bits per heavy atom. The highest BCUT2D eigenvalue weighted by molar-refractivity contribution is 6.43. The molecule has 8 heteroatoms. The minimum atomic E-state index is 0.0839. The highest BCUT2D eigenvalue weighted by atomic mass is 35.5. The van der Waals surface area contributed by atoms with Gasteiger partial charge in [0.1, 0.15) is 0 Å². The van der Waals surface area contributed by atoms with Crippen LogP contribution in [0.4, 0.5) is 10.5 Å². The van der Waals surface area contributed by atoms with Crippen LogP contribution in [0.5, 0.6) is 0 Å². The number of pyridine rings is 1. The lowest BCUT2D eigenvalue weighted by atomic mass is 9.84. The summed E-state index contributed by atoms with van der Waals surface area (Å²) in [7, 11) is 0. The predicted molar refractivity (Wildman–Crippen MR) is 142 cm³/mol. The lowest BCUT2D eigenvalue weighted by Gasteiger charge is -2.38. The average Bonchev–Trinajstić information content (AvgIpc) is 2.90. The summed E-state index contributed by atoms with van der Waals surface area (Å²) in [5, 5.41) is 4.59. The molecule has 3 aliphatic rings. The van der Waals surface area contributed by atoms with Crippen LogP contribution in [0.3, 0.4) is 0 Å². The predicted octanol–water partition coefficient (Wildman–Crippen LogP) is 5.23. The second kappa shape index (κ2) is 11.4. The van der Waals surface area contributed by atoms with Gasteiger partial charge in [-0.2, -0.15) is 0 Å². The van der Waals surface area contributed by atoms with E-state index in [9.17, 15) is 4.79 Å². The molecule has 3 heterocycles. The Morgan fingerprint density at radius 1 is 1.00 bits per heavy atom. The fourth-order valence-electron chi connectivity index (χ4n) is 5.71. The Labute approximate surface area is 218 Å². The van der Waals surface area contributed by atoms with E-state index in [0.29, 0.717) is 22.6 Å². The van der Waals surface area contributed by atoms with Crippen molar-refractivity contribution in [2.24, 2.45) is 5.92 Å². The first-order valence-corrected chi connectivity index (χ1v) is 13.7. The summed E-state index contributed by atoms with van der Waals surface area (Å²) in [5.41, 5.74) is 3.35. The Balaban J connectivity index is 1.00. The number of nitrogens with one attached hydrogen (secondary N) is 1. The summed E-state index contributed by atoms with van der Waals surface area (Å²) >= 11 is 12.6. The molecule has 1 N–H and O–H groups in total. The molecule has 2 amide bonds. The monoisotopic (exact) mass is 515 g/mol. The number of anilines is 1. The number of rotatable bonds is 5. The molecule has 2 aliphatic heterocycles. The number of benzene rings is 1. The number of nitrogens with zero attached hydrogens (tertiary/aromatic N) is 4. The molecule has 0 unspecified atom stereocenters. The number of aromatic nitrogens is 1. The van der Waals surface area contributed by atoms with Crippen molar-refractivity contribution in [1.29, 1.82) is 0 Å². The van der Waals surface area contributed by atoms with Crippen molar-refractivity contribution in [2.75, 3.05) is 44.2 Å². The molecule has 188 valence electrons. The molecule has 1 aromatic heterocycles. The third kappa shape index (κ3) is 6.04. The summed E-state index contributed by atoms with van der Waals surface area (Å²) in [6, 6.07) is 10.3. The summed E-state index contributed by atoms with van der Waals surface area (Å²) in [6.07, 6.45) is 8.51. The van der Waals surface area contributed by atoms with Crippen molar-refractivity contribution in [3.63, 3.8) is 0 Å². The van der Waals surface area contributed by atoms with Crippen molar-refractivity contribution in [3.8, 4) is 0 Å². The van der Waals surface area contributed by atoms with E-state index in [1.54, 1.807) is 0 Å². The molecule has 5 rings (SSSR count). The van der Waals surface area contributed by atoms with Crippen LogP contribution in [0.1, 0.15) is 43.4 Å². The van der Waals surface area contributed by atoms with E-state index in [1.807, 2.05) is 29.3 Å². The number of urea groups is 1. The molecule has 6 nitrogen and oxygen atoms in total. The van der Waals surface area contributed by atoms with Gasteiger partial charge in [0.25, 0.3) is 0 Å². The van der Waals surface area contributed by atoms with Crippen molar-refractivity contribution < 1.29 is 4.79 Å². The van der Waals surface area contributed by atoms with Crippen LogP contribution in [0.25, 0.3) is 0 Å². The topological polar surface area (TPSA) is 51.7 Å². The van der Waals surface area contributed by atoms with E-state index in [2.05, 4.69) is 32.2 Å². The highest BCUT2D eigenvalue weighted by Crippen LogP contribution is 2.33. The molecular weight excluding hydrogens is 481 g/mol. The quantitative estimate of drug-likeness (QED) is 0.592. The molecule has 1 saturated carbocycles. The zero-order valence-corrected chi connectivity index (χ0v) is 21.8. The molecule has 2 fully saturated rings. The first-order chi connectivity index (χ1) is 17.1. The van der Waals surface area contributed by atoms with Gasteiger partial charge in [0.15, 0.2) is 0 Å². The molecule has 2 aromatic rings. The summed E-state index contributed by atoms with van der Waals surface area (Å²) < 4.78 is 0. The number of amides is 2. The number of fused-ring (bicyclic) bond motifs is 1. The van der Waals surface area contributed by atoms with E-state index in [1.165, 1.54) is 24.8 Å². The Bertz CT molecular complexity index is 1020. The molecule has 35 heavy (non-hydrogen) atoms. The van der Waals surface area contributed by atoms with Crippen LogP contribution >= 0.6 is 23.2 Å². The van der Waals surface area contributed by atoms with Gasteiger partial charge in [-0.3, -0.25) is 9.88 Å². The van der Waals surface area contributed by atoms with Crippen molar-refractivity contribution >= 4 is 34.9 Å².